The standard InChI is InChI=1S/C14H22N4Si/c1-5-19(6-2,7-3)13-11-9-8-10-12(13)14-15-16-17-18(14)4/h8-11H,5-7H2,1-4H3. The first-order chi connectivity index (χ1) is 9.18. The molecule has 102 valence electrons. The summed E-state index contributed by atoms with van der Waals surface area (Å²) in [5, 5.41) is 13.4. The van der Waals surface area contributed by atoms with E-state index in [9.17, 15) is 0 Å². The Hall–Kier alpha value is -1.49. The highest BCUT2D eigenvalue weighted by molar-refractivity contribution is 6.92. The molecule has 0 unspecified atom stereocenters. The molecular formula is C14H22N4Si. The summed E-state index contributed by atoms with van der Waals surface area (Å²) in [5.74, 6) is 0.878. The maximum Gasteiger partial charge on any atom is 0.181 e. The van der Waals surface area contributed by atoms with E-state index in [0.29, 0.717) is 0 Å². The number of tetrazole rings is 1. The van der Waals surface area contributed by atoms with Gasteiger partial charge in [0.2, 0.25) is 0 Å². The minimum Gasteiger partial charge on any atom is -0.229 e. The molecule has 1 heterocycles. The molecule has 0 atom stereocenters. The Balaban J connectivity index is 2.62. The van der Waals surface area contributed by atoms with Gasteiger partial charge in [-0.25, -0.2) is 4.68 Å². The van der Waals surface area contributed by atoms with E-state index < -0.39 is 8.07 Å². The largest absolute Gasteiger partial charge is 0.229 e. The van der Waals surface area contributed by atoms with Crippen LogP contribution in [0.15, 0.2) is 24.3 Å². The Morgan fingerprint density at radius 3 is 2.21 bits per heavy atom. The molecule has 0 spiro atoms. The molecule has 5 heteroatoms. The lowest BCUT2D eigenvalue weighted by molar-refractivity contribution is 0.715. The number of benzene rings is 1. The summed E-state index contributed by atoms with van der Waals surface area (Å²) in [6.45, 7) is 6.97. The molecule has 0 saturated carbocycles. The Morgan fingerprint density at radius 1 is 1.05 bits per heavy atom. The van der Waals surface area contributed by atoms with E-state index in [-0.39, 0.29) is 0 Å². The lowest BCUT2D eigenvalue weighted by Gasteiger charge is -2.30. The van der Waals surface area contributed by atoms with Crippen molar-refractivity contribution < 1.29 is 0 Å². The molecule has 0 N–H and O–H groups in total. The number of hydrogen-bond donors (Lipinski definition) is 0. The van der Waals surface area contributed by atoms with Crippen LogP contribution in [-0.4, -0.2) is 28.3 Å². The van der Waals surface area contributed by atoms with Crippen LogP contribution in [0, 0.1) is 0 Å². The third kappa shape index (κ3) is 2.34. The van der Waals surface area contributed by atoms with E-state index in [4.69, 9.17) is 0 Å². The van der Waals surface area contributed by atoms with Crippen molar-refractivity contribution >= 4 is 13.3 Å². The maximum absolute atomic E-state index is 4.19. The zero-order chi connectivity index (χ0) is 13.9. The third-order valence-electron chi connectivity index (χ3n) is 4.39. The van der Waals surface area contributed by atoms with Crippen molar-refractivity contribution in [3.63, 3.8) is 0 Å². The van der Waals surface area contributed by atoms with Crippen LogP contribution in [0.4, 0.5) is 0 Å². The van der Waals surface area contributed by atoms with Crippen LogP contribution in [0.25, 0.3) is 11.4 Å². The summed E-state index contributed by atoms with van der Waals surface area (Å²) in [6, 6.07) is 12.5. The first-order valence-electron chi connectivity index (χ1n) is 7.00. The van der Waals surface area contributed by atoms with Gasteiger partial charge in [-0.1, -0.05) is 63.2 Å². The van der Waals surface area contributed by atoms with E-state index in [1.165, 1.54) is 28.9 Å². The molecule has 1 aromatic carbocycles. The molecule has 0 radical (unpaired) electrons. The molecule has 0 aliphatic carbocycles. The summed E-state index contributed by atoms with van der Waals surface area (Å²) in [5.41, 5.74) is 1.22. The summed E-state index contributed by atoms with van der Waals surface area (Å²) in [7, 11) is 0.476. The van der Waals surface area contributed by atoms with E-state index in [1.54, 1.807) is 4.68 Å². The minimum absolute atomic E-state index is 0.878. The zero-order valence-corrected chi connectivity index (χ0v) is 13.2. The minimum atomic E-state index is -1.43. The van der Waals surface area contributed by atoms with Crippen molar-refractivity contribution in [1.29, 1.82) is 0 Å². The Kier molecular flexibility index (Phi) is 4.14. The van der Waals surface area contributed by atoms with Gasteiger partial charge in [0.15, 0.2) is 5.82 Å². The van der Waals surface area contributed by atoms with Crippen molar-refractivity contribution in [1.82, 2.24) is 20.2 Å². The molecule has 0 saturated heterocycles. The van der Waals surface area contributed by atoms with Gasteiger partial charge in [0.25, 0.3) is 0 Å². The van der Waals surface area contributed by atoms with Crippen molar-refractivity contribution in [2.24, 2.45) is 7.05 Å². The lowest BCUT2D eigenvalue weighted by atomic mass is 10.2. The number of nitrogens with zero attached hydrogens (tertiary/aromatic N) is 4. The van der Waals surface area contributed by atoms with Gasteiger partial charge >= 0.3 is 0 Å². The summed E-state index contributed by atoms with van der Waals surface area (Å²) in [6.07, 6.45) is 0. The molecule has 1 aromatic heterocycles. The second kappa shape index (κ2) is 5.65. The quantitative estimate of drug-likeness (QED) is 0.787. The molecule has 19 heavy (non-hydrogen) atoms. The van der Waals surface area contributed by atoms with Crippen LogP contribution in [0.1, 0.15) is 20.8 Å². The van der Waals surface area contributed by atoms with Gasteiger partial charge < -0.3 is 0 Å². The van der Waals surface area contributed by atoms with Crippen molar-refractivity contribution in [2.75, 3.05) is 0 Å². The average molecular weight is 274 g/mol. The maximum atomic E-state index is 4.19. The fraction of sp³-hybridized carbons (Fsp3) is 0.500. The molecule has 0 amide bonds. The zero-order valence-electron chi connectivity index (χ0n) is 12.2. The number of hydrogen-bond acceptors (Lipinski definition) is 3. The Morgan fingerprint density at radius 2 is 1.68 bits per heavy atom. The highest BCUT2D eigenvalue weighted by atomic mass is 28.3. The van der Waals surface area contributed by atoms with Crippen molar-refractivity contribution in [3.05, 3.63) is 24.3 Å². The van der Waals surface area contributed by atoms with Crippen LogP contribution in [0.3, 0.4) is 0 Å². The van der Waals surface area contributed by atoms with Crippen LogP contribution in [0.2, 0.25) is 18.1 Å². The molecule has 0 fully saturated rings. The third-order valence-corrected chi connectivity index (χ3v) is 10.0. The van der Waals surface area contributed by atoms with Gasteiger partial charge in [-0.2, -0.15) is 0 Å². The molecule has 0 aliphatic rings. The Labute approximate surface area is 115 Å². The summed E-state index contributed by atoms with van der Waals surface area (Å²) in [4.78, 5) is 0. The van der Waals surface area contributed by atoms with Gasteiger partial charge in [-0.15, -0.1) is 5.10 Å². The van der Waals surface area contributed by atoms with Gasteiger partial charge in [0, 0.05) is 12.6 Å². The van der Waals surface area contributed by atoms with Crippen LogP contribution >= 0.6 is 0 Å². The van der Waals surface area contributed by atoms with Crippen LogP contribution in [-0.2, 0) is 7.05 Å². The highest BCUT2D eigenvalue weighted by Gasteiger charge is 2.32. The first kappa shape index (κ1) is 13.9. The van der Waals surface area contributed by atoms with Gasteiger partial charge in [0.1, 0.15) is 0 Å². The van der Waals surface area contributed by atoms with Crippen molar-refractivity contribution in [3.8, 4) is 11.4 Å². The molecule has 0 bridgehead atoms. The SMILES string of the molecule is CC[Si](CC)(CC)c1ccccc1-c1nnnn1C. The summed E-state index contributed by atoms with van der Waals surface area (Å²) >= 11 is 0. The van der Waals surface area contributed by atoms with Gasteiger partial charge in [0.05, 0.1) is 8.07 Å². The topological polar surface area (TPSA) is 43.6 Å². The van der Waals surface area contributed by atoms with E-state index in [2.05, 4.69) is 60.6 Å². The molecule has 2 rings (SSSR count). The molecule has 4 nitrogen and oxygen atoms in total. The predicted molar refractivity (Wildman–Crippen MR) is 81.1 cm³/mol. The smallest absolute Gasteiger partial charge is 0.181 e. The number of rotatable bonds is 5. The van der Waals surface area contributed by atoms with E-state index in [1.807, 2.05) is 7.05 Å². The highest BCUT2D eigenvalue weighted by Crippen LogP contribution is 2.25. The molecule has 2 aromatic rings. The lowest BCUT2D eigenvalue weighted by Crippen LogP contribution is -2.46. The predicted octanol–water partition coefficient (Wildman–Crippen LogP) is 2.59. The second-order valence-corrected chi connectivity index (χ2v) is 10.2. The van der Waals surface area contributed by atoms with Crippen LogP contribution in [0.5, 0.6) is 0 Å². The van der Waals surface area contributed by atoms with Gasteiger partial charge in [-0.3, -0.25) is 0 Å². The molecule has 0 aliphatic heterocycles. The van der Waals surface area contributed by atoms with Crippen molar-refractivity contribution in [2.45, 2.75) is 38.9 Å². The fourth-order valence-electron chi connectivity index (χ4n) is 2.92. The summed E-state index contributed by atoms with van der Waals surface area (Å²) < 4.78 is 1.76. The first-order valence-corrected chi connectivity index (χ1v) is 9.63. The molecular weight excluding hydrogens is 252 g/mol. The van der Waals surface area contributed by atoms with Gasteiger partial charge in [-0.05, 0) is 15.6 Å². The monoisotopic (exact) mass is 274 g/mol. The fourth-order valence-corrected chi connectivity index (χ4v) is 6.78. The average Bonchev–Trinajstić information content (AvgIpc) is 2.88. The van der Waals surface area contributed by atoms with Crippen LogP contribution < -0.4 is 5.19 Å². The van der Waals surface area contributed by atoms with E-state index >= 15 is 0 Å². The number of aryl methyl sites for hydroxylation is 1. The van der Waals surface area contributed by atoms with E-state index in [0.717, 1.165) is 5.82 Å². The second-order valence-electron chi connectivity index (χ2n) is 5.01. The number of aromatic nitrogens is 4. The Bertz CT molecular complexity index is 538. The normalized spacial score (nSPS) is 11.8.